The molecule has 0 aliphatic carbocycles. The molecule has 31 heavy (non-hydrogen) atoms. The molecule has 1 atom stereocenters. The van der Waals surface area contributed by atoms with E-state index in [0.717, 1.165) is 64.2 Å². The van der Waals surface area contributed by atoms with E-state index in [1.165, 1.54) is 6.42 Å². The molecule has 0 bridgehead atoms. The summed E-state index contributed by atoms with van der Waals surface area (Å²) in [6.07, 6.45) is 4.22. The molecule has 0 radical (unpaired) electrons. The quantitative estimate of drug-likeness (QED) is 0.595. The summed E-state index contributed by atoms with van der Waals surface area (Å²) in [5.74, 6) is 2.33. The highest BCUT2D eigenvalue weighted by Gasteiger charge is 2.17. The molecule has 6 nitrogen and oxygen atoms in total. The SMILES string of the molecule is CC.COc1cc(OC)c(C)c(-c2ccc3nc(NC4CCCNC4)ncc3c2)c1C. The minimum absolute atomic E-state index is 0.384. The first kappa shape index (κ1) is 22.8. The van der Waals surface area contributed by atoms with Gasteiger partial charge in [-0.25, -0.2) is 9.97 Å². The maximum absolute atomic E-state index is 5.56. The molecule has 166 valence electrons. The molecule has 6 heteroatoms. The van der Waals surface area contributed by atoms with E-state index >= 15 is 0 Å². The van der Waals surface area contributed by atoms with Crippen LogP contribution in [-0.4, -0.2) is 43.3 Å². The second-order valence-corrected chi connectivity index (χ2v) is 7.56. The first-order valence-electron chi connectivity index (χ1n) is 11.1. The van der Waals surface area contributed by atoms with Crippen LogP contribution in [-0.2, 0) is 0 Å². The first-order chi connectivity index (χ1) is 15.1. The smallest absolute Gasteiger partial charge is 0.223 e. The molecule has 4 rings (SSSR count). The van der Waals surface area contributed by atoms with E-state index in [4.69, 9.17) is 14.5 Å². The van der Waals surface area contributed by atoms with Gasteiger partial charge >= 0.3 is 0 Å². The van der Waals surface area contributed by atoms with Gasteiger partial charge in [-0.3, -0.25) is 0 Å². The standard InChI is InChI=1S/C23H28N4O2.C2H6/c1-14-20(28-3)11-21(29-4)15(2)22(14)16-7-8-19-17(10-16)12-25-23(27-19)26-18-6-5-9-24-13-18;1-2/h7-8,10-12,18,24H,5-6,9,13H2,1-4H3,(H,25,26,27);1-2H3. The number of methoxy groups -OCH3 is 2. The summed E-state index contributed by atoms with van der Waals surface area (Å²) in [5, 5.41) is 7.87. The average Bonchev–Trinajstić information content (AvgIpc) is 2.81. The third-order valence-electron chi connectivity index (χ3n) is 5.69. The Bertz CT molecular complexity index is 1000. The van der Waals surface area contributed by atoms with Gasteiger partial charge in [0.25, 0.3) is 0 Å². The van der Waals surface area contributed by atoms with Crippen LogP contribution in [0.3, 0.4) is 0 Å². The van der Waals surface area contributed by atoms with Crippen LogP contribution < -0.4 is 20.1 Å². The monoisotopic (exact) mass is 422 g/mol. The van der Waals surface area contributed by atoms with E-state index in [0.29, 0.717) is 12.0 Å². The number of nitrogens with one attached hydrogen (secondary N) is 2. The highest BCUT2D eigenvalue weighted by atomic mass is 16.5. The fraction of sp³-hybridized carbons (Fsp3) is 0.440. The van der Waals surface area contributed by atoms with Gasteiger partial charge in [-0.05, 0) is 67.6 Å². The van der Waals surface area contributed by atoms with Crippen LogP contribution in [0.1, 0.15) is 37.8 Å². The zero-order valence-electron chi connectivity index (χ0n) is 19.5. The van der Waals surface area contributed by atoms with Crippen LogP contribution in [0.25, 0.3) is 22.0 Å². The summed E-state index contributed by atoms with van der Waals surface area (Å²) in [7, 11) is 3.37. The van der Waals surface area contributed by atoms with Crippen LogP contribution in [0.15, 0.2) is 30.5 Å². The Hall–Kier alpha value is -2.86. The number of rotatable bonds is 5. The Morgan fingerprint density at radius 3 is 2.35 bits per heavy atom. The van der Waals surface area contributed by atoms with E-state index in [9.17, 15) is 0 Å². The van der Waals surface area contributed by atoms with Crippen molar-refractivity contribution < 1.29 is 9.47 Å². The normalized spacial score (nSPS) is 15.7. The fourth-order valence-electron chi connectivity index (χ4n) is 4.14. The molecule has 1 aliphatic rings. The highest BCUT2D eigenvalue weighted by molar-refractivity contribution is 5.87. The molecule has 2 heterocycles. The Balaban J connectivity index is 0.00000132. The largest absolute Gasteiger partial charge is 0.496 e. The number of nitrogens with zero attached hydrogens (tertiary/aromatic N) is 2. The van der Waals surface area contributed by atoms with Crippen molar-refractivity contribution in [1.82, 2.24) is 15.3 Å². The number of aromatic nitrogens is 2. The molecule has 0 saturated carbocycles. The Morgan fingerprint density at radius 1 is 1.03 bits per heavy atom. The average molecular weight is 423 g/mol. The van der Waals surface area contributed by atoms with Gasteiger partial charge in [0.05, 0.1) is 19.7 Å². The van der Waals surface area contributed by atoms with Crippen LogP contribution in [0.5, 0.6) is 11.5 Å². The third-order valence-corrected chi connectivity index (χ3v) is 5.69. The summed E-state index contributed by atoms with van der Waals surface area (Å²) >= 11 is 0. The zero-order chi connectivity index (χ0) is 22.4. The number of ether oxygens (including phenoxy) is 2. The number of benzene rings is 2. The minimum atomic E-state index is 0.384. The van der Waals surface area contributed by atoms with Crippen molar-refractivity contribution in [3.8, 4) is 22.6 Å². The molecule has 0 amide bonds. The molecule has 2 N–H and O–H groups in total. The summed E-state index contributed by atoms with van der Waals surface area (Å²) in [5.41, 5.74) is 5.34. The Morgan fingerprint density at radius 2 is 1.74 bits per heavy atom. The Labute approximate surface area is 185 Å². The lowest BCUT2D eigenvalue weighted by Crippen LogP contribution is -2.38. The van der Waals surface area contributed by atoms with Gasteiger partial charge < -0.3 is 20.1 Å². The molecule has 1 aliphatic heterocycles. The van der Waals surface area contributed by atoms with Gasteiger partial charge in [-0.1, -0.05) is 19.9 Å². The maximum atomic E-state index is 5.56. The number of anilines is 1. The minimum Gasteiger partial charge on any atom is -0.496 e. The summed E-state index contributed by atoms with van der Waals surface area (Å²) < 4.78 is 11.1. The van der Waals surface area contributed by atoms with Crippen LogP contribution >= 0.6 is 0 Å². The highest BCUT2D eigenvalue weighted by Crippen LogP contribution is 2.39. The van der Waals surface area contributed by atoms with Crippen molar-refractivity contribution in [2.45, 2.75) is 46.6 Å². The zero-order valence-corrected chi connectivity index (χ0v) is 19.5. The first-order valence-corrected chi connectivity index (χ1v) is 11.1. The second kappa shape index (κ2) is 10.4. The van der Waals surface area contributed by atoms with Gasteiger partial charge in [0.1, 0.15) is 11.5 Å². The van der Waals surface area contributed by atoms with Crippen molar-refractivity contribution in [3.63, 3.8) is 0 Å². The lowest BCUT2D eigenvalue weighted by Gasteiger charge is -2.23. The van der Waals surface area contributed by atoms with E-state index < -0.39 is 0 Å². The van der Waals surface area contributed by atoms with Crippen molar-refractivity contribution >= 4 is 16.9 Å². The third kappa shape index (κ3) is 4.90. The fourth-order valence-corrected chi connectivity index (χ4v) is 4.14. The number of hydrogen-bond acceptors (Lipinski definition) is 6. The van der Waals surface area contributed by atoms with E-state index in [1.54, 1.807) is 14.2 Å². The lowest BCUT2D eigenvalue weighted by molar-refractivity contribution is 0.391. The van der Waals surface area contributed by atoms with Crippen LogP contribution in [0.4, 0.5) is 5.95 Å². The molecule has 1 unspecified atom stereocenters. The predicted molar refractivity (Wildman–Crippen MR) is 128 cm³/mol. The Kier molecular flexibility index (Phi) is 7.69. The van der Waals surface area contributed by atoms with Gasteiger partial charge in [-0.2, -0.15) is 0 Å². The van der Waals surface area contributed by atoms with Gasteiger partial charge in [0.2, 0.25) is 5.95 Å². The molecular weight excluding hydrogens is 388 g/mol. The van der Waals surface area contributed by atoms with Crippen molar-refractivity contribution in [3.05, 3.63) is 41.6 Å². The molecular formula is C25H34N4O2. The van der Waals surface area contributed by atoms with E-state index in [-0.39, 0.29) is 0 Å². The predicted octanol–water partition coefficient (Wildman–Crippen LogP) is 5.12. The van der Waals surface area contributed by atoms with Crippen LogP contribution in [0.2, 0.25) is 0 Å². The molecule has 0 spiro atoms. The maximum Gasteiger partial charge on any atom is 0.223 e. The summed E-state index contributed by atoms with van der Waals surface area (Å²) in [6.45, 7) is 10.2. The van der Waals surface area contributed by atoms with Crippen molar-refractivity contribution in [2.24, 2.45) is 0 Å². The molecule has 1 fully saturated rings. The number of piperidine rings is 1. The second-order valence-electron chi connectivity index (χ2n) is 7.56. The van der Waals surface area contributed by atoms with Crippen molar-refractivity contribution in [2.75, 3.05) is 32.6 Å². The van der Waals surface area contributed by atoms with Gasteiger partial charge in [0, 0.05) is 30.2 Å². The van der Waals surface area contributed by atoms with E-state index in [1.807, 2.05) is 26.1 Å². The molecule has 3 aromatic rings. The number of hydrogen-bond donors (Lipinski definition) is 2. The van der Waals surface area contributed by atoms with Gasteiger partial charge in [0.15, 0.2) is 0 Å². The number of fused-ring (bicyclic) bond motifs is 1. The lowest BCUT2D eigenvalue weighted by atomic mass is 9.93. The van der Waals surface area contributed by atoms with E-state index in [2.05, 4.69) is 47.7 Å². The van der Waals surface area contributed by atoms with Crippen LogP contribution in [0, 0.1) is 13.8 Å². The molecule has 1 aromatic heterocycles. The summed E-state index contributed by atoms with van der Waals surface area (Å²) in [6, 6.07) is 8.62. The molecule has 2 aromatic carbocycles. The van der Waals surface area contributed by atoms with Gasteiger partial charge in [-0.15, -0.1) is 0 Å². The topological polar surface area (TPSA) is 68.3 Å². The summed E-state index contributed by atoms with van der Waals surface area (Å²) in [4.78, 5) is 9.27. The molecule has 1 saturated heterocycles. The van der Waals surface area contributed by atoms with Crippen molar-refractivity contribution in [1.29, 1.82) is 0 Å².